The Balaban J connectivity index is 2.43. The molecule has 0 saturated heterocycles. The van der Waals surface area contributed by atoms with Crippen molar-refractivity contribution in [1.82, 2.24) is 0 Å². The lowest BCUT2D eigenvalue weighted by molar-refractivity contribution is -0.162. The number of esters is 3. The molecule has 3 rings (SSSR count). The molecule has 2 aromatic rings. The van der Waals surface area contributed by atoms with E-state index in [1.807, 2.05) is 0 Å². The molecule has 9 nitrogen and oxygen atoms in total. The van der Waals surface area contributed by atoms with Crippen LogP contribution in [0.2, 0.25) is 0 Å². The zero-order valence-electron chi connectivity index (χ0n) is 20.6. The summed E-state index contributed by atoms with van der Waals surface area (Å²) >= 11 is 0. The molecule has 0 atom stereocenters. The van der Waals surface area contributed by atoms with Crippen molar-refractivity contribution in [3.63, 3.8) is 0 Å². The highest BCUT2D eigenvalue weighted by Crippen LogP contribution is 2.51. The summed E-state index contributed by atoms with van der Waals surface area (Å²) in [6.07, 6.45) is -0.983. The van der Waals surface area contributed by atoms with Crippen molar-refractivity contribution in [2.45, 2.75) is 26.2 Å². The van der Waals surface area contributed by atoms with Gasteiger partial charge in [0.1, 0.15) is 6.61 Å². The lowest BCUT2D eigenvalue weighted by Gasteiger charge is -2.29. The van der Waals surface area contributed by atoms with Gasteiger partial charge in [0.2, 0.25) is 5.41 Å². The number of methoxy groups -OCH3 is 1. The van der Waals surface area contributed by atoms with Crippen LogP contribution in [-0.4, -0.2) is 57.6 Å². The number of hydrogen-bond donors (Lipinski definition) is 0. The standard InChI is InChI=1S/C27H28O9/c1-5-33-24(29)27(25(30)34-6-2)20-15-11-10-14-19(20)22(21(27)16-36-26(31)35-7-3)17-12-8-9-13-18(17)23(28)32-4/h8-15H,5-7,16H2,1-4H3. The molecule has 0 spiro atoms. The van der Waals surface area contributed by atoms with Crippen LogP contribution in [0.3, 0.4) is 0 Å². The van der Waals surface area contributed by atoms with Crippen molar-refractivity contribution in [2.75, 3.05) is 33.5 Å². The third-order valence-electron chi connectivity index (χ3n) is 5.72. The van der Waals surface area contributed by atoms with Gasteiger partial charge in [-0.15, -0.1) is 0 Å². The fourth-order valence-corrected chi connectivity index (χ4v) is 4.34. The molecule has 0 aliphatic heterocycles. The summed E-state index contributed by atoms with van der Waals surface area (Å²) in [6, 6.07) is 13.3. The van der Waals surface area contributed by atoms with Crippen LogP contribution in [0.1, 0.15) is 47.8 Å². The van der Waals surface area contributed by atoms with Crippen LogP contribution < -0.4 is 0 Å². The van der Waals surface area contributed by atoms with Crippen molar-refractivity contribution in [3.05, 3.63) is 76.4 Å². The summed E-state index contributed by atoms with van der Waals surface area (Å²) < 4.78 is 26.0. The van der Waals surface area contributed by atoms with Crippen molar-refractivity contribution in [2.24, 2.45) is 0 Å². The Labute approximate surface area is 208 Å². The molecule has 190 valence electrons. The van der Waals surface area contributed by atoms with E-state index in [2.05, 4.69) is 0 Å². The first kappa shape index (κ1) is 26.5. The highest BCUT2D eigenvalue weighted by Gasteiger charge is 2.59. The van der Waals surface area contributed by atoms with Gasteiger partial charge in [-0.3, -0.25) is 9.59 Å². The topological polar surface area (TPSA) is 114 Å². The molecule has 0 heterocycles. The molecule has 0 radical (unpaired) electrons. The van der Waals surface area contributed by atoms with E-state index in [9.17, 15) is 19.2 Å². The molecule has 0 aromatic heterocycles. The van der Waals surface area contributed by atoms with Crippen molar-refractivity contribution in [1.29, 1.82) is 0 Å². The van der Waals surface area contributed by atoms with E-state index >= 15 is 0 Å². The first-order valence-electron chi connectivity index (χ1n) is 11.5. The Morgan fingerprint density at radius 1 is 0.722 bits per heavy atom. The smallest absolute Gasteiger partial charge is 0.465 e. The average Bonchev–Trinajstić information content (AvgIpc) is 3.18. The maximum Gasteiger partial charge on any atom is 0.508 e. The second-order valence-corrected chi connectivity index (χ2v) is 7.60. The van der Waals surface area contributed by atoms with Crippen LogP contribution in [0.5, 0.6) is 0 Å². The number of fused-ring (bicyclic) bond motifs is 1. The van der Waals surface area contributed by atoms with E-state index in [0.29, 0.717) is 22.3 Å². The largest absolute Gasteiger partial charge is 0.508 e. The number of ether oxygens (including phenoxy) is 5. The molecular formula is C27H28O9. The van der Waals surface area contributed by atoms with E-state index in [0.717, 1.165) is 0 Å². The van der Waals surface area contributed by atoms with Crippen molar-refractivity contribution < 1.29 is 42.9 Å². The van der Waals surface area contributed by atoms with Crippen LogP contribution in [0, 0.1) is 0 Å². The van der Waals surface area contributed by atoms with Gasteiger partial charge in [-0.25, -0.2) is 9.59 Å². The number of rotatable bonds is 9. The Hall–Kier alpha value is -4.14. The van der Waals surface area contributed by atoms with Gasteiger partial charge in [0.15, 0.2) is 0 Å². The maximum absolute atomic E-state index is 13.7. The lowest BCUT2D eigenvalue weighted by atomic mass is 9.76. The minimum atomic E-state index is -2.08. The predicted octanol–water partition coefficient (Wildman–Crippen LogP) is 3.83. The summed E-state index contributed by atoms with van der Waals surface area (Å²) in [5.74, 6) is -2.39. The van der Waals surface area contributed by atoms with Gasteiger partial charge in [0.25, 0.3) is 0 Å². The van der Waals surface area contributed by atoms with E-state index in [1.54, 1.807) is 69.3 Å². The van der Waals surface area contributed by atoms with E-state index in [4.69, 9.17) is 23.7 Å². The third kappa shape index (κ3) is 4.56. The molecule has 0 bridgehead atoms. The molecule has 0 fully saturated rings. The number of hydrogen-bond acceptors (Lipinski definition) is 9. The van der Waals surface area contributed by atoms with E-state index in [1.165, 1.54) is 7.11 Å². The van der Waals surface area contributed by atoms with Gasteiger partial charge >= 0.3 is 24.1 Å². The Bertz CT molecular complexity index is 1180. The zero-order valence-corrected chi connectivity index (χ0v) is 20.6. The highest BCUT2D eigenvalue weighted by atomic mass is 16.7. The SMILES string of the molecule is CCOC(=O)OCC1=C(c2ccccc2C(=O)OC)c2ccccc2C1(C(=O)OCC)C(=O)OCC. The molecule has 0 amide bonds. The van der Waals surface area contributed by atoms with Crippen LogP contribution >= 0.6 is 0 Å². The van der Waals surface area contributed by atoms with Gasteiger partial charge in [-0.05, 0) is 49.1 Å². The minimum absolute atomic E-state index is 0.0117. The summed E-state index contributed by atoms with van der Waals surface area (Å²) in [6.45, 7) is 4.39. The highest BCUT2D eigenvalue weighted by molar-refractivity contribution is 6.17. The summed E-state index contributed by atoms with van der Waals surface area (Å²) in [7, 11) is 1.25. The Morgan fingerprint density at radius 2 is 1.28 bits per heavy atom. The van der Waals surface area contributed by atoms with Crippen LogP contribution in [0.15, 0.2) is 54.1 Å². The predicted molar refractivity (Wildman–Crippen MR) is 128 cm³/mol. The summed E-state index contributed by atoms with van der Waals surface area (Å²) in [5.41, 5.74) is -0.275. The first-order chi connectivity index (χ1) is 17.4. The maximum atomic E-state index is 13.7. The number of benzene rings is 2. The Morgan fingerprint density at radius 3 is 1.86 bits per heavy atom. The van der Waals surface area contributed by atoms with E-state index < -0.39 is 36.1 Å². The molecular weight excluding hydrogens is 468 g/mol. The number of carbonyl (C=O) groups is 4. The quantitative estimate of drug-likeness (QED) is 0.290. The molecule has 0 saturated carbocycles. The average molecular weight is 497 g/mol. The second kappa shape index (κ2) is 11.5. The lowest BCUT2D eigenvalue weighted by Crippen LogP contribution is -2.47. The van der Waals surface area contributed by atoms with Crippen molar-refractivity contribution in [3.8, 4) is 0 Å². The molecule has 2 aromatic carbocycles. The summed E-state index contributed by atoms with van der Waals surface area (Å²) in [5, 5.41) is 0. The number of carbonyl (C=O) groups excluding carboxylic acids is 4. The minimum Gasteiger partial charge on any atom is -0.465 e. The molecule has 1 aliphatic carbocycles. The molecule has 0 unspecified atom stereocenters. The van der Waals surface area contributed by atoms with E-state index in [-0.39, 0.29) is 31.0 Å². The van der Waals surface area contributed by atoms with Crippen molar-refractivity contribution >= 4 is 29.6 Å². The van der Waals surface area contributed by atoms with Crippen LogP contribution in [0.25, 0.3) is 5.57 Å². The normalized spacial score (nSPS) is 13.4. The second-order valence-electron chi connectivity index (χ2n) is 7.60. The van der Waals surface area contributed by atoms with Gasteiger partial charge in [-0.2, -0.15) is 0 Å². The fraction of sp³-hybridized carbons (Fsp3) is 0.333. The van der Waals surface area contributed by atoms with Gasteiger partial charge in [0, 0.05) is 5.57 Å². The summed E-state index contributed by atoms with van der Waals surface area (Å²) in [4.78, 5) is 52.1. The molecule has 0 N–H and O–H groups in total. The molecule has 36 heavy (non-hydrogen) atoms. The monoisotopic (exact) mass is 496 g/mol. The third-order valence-corrected chi connectivity index (χ3v) is 5.72. The van der Waals surface area contributed by atoms with Crippen LogP contribution in [0.4, 0.5) is 4.79 Å². The zero-order chi connectivity index (χ0) is 26.3. The van der Waals surface area contributed by atoms with Gasteiger partial charge in [0.05, 0.1) is 32.5 Å². The van der Waals surface area contributed by atoms with Gasteiger partial charge < -0.3 is 23.7 Å². The fourth-order valence-electron chi connectivity index (χ4n) is 4.34. The first-order valence-corrected chi connectivity index (χ1v) is 11.5. The Kier molecular flexibility index (Phi) is 8.47. The molecule has 1 aliphatic rings. The van der Waals surface area contributed by atoms with Gasteiger partial charge in [-0.1, -0.05) is 42.5 Å². The molecule has 9 heteroatoms. The van der Waals surface area contributed by atoms with Crippen LogP contribution in [-0.2, 0) is 38.7 Å².